The largest absolute Gasteiger partial charge is 0.484 e. The molecule has 1 aliphatic heterocycles. The number of carboxylic acid groups (broad SMARTS) is 1. The first-order valence-electron chi connectivity index (χ1n) is 6.39. The lowest BCUT2D eigenvalue weighted by Crippen LogP contribution is -2.49. The van der Waals surface area contributed by atoms with Crippen molar-refractivity contribution < 1.29 is 24.4 Å². The van der Waals surface area contributed by atoms with Gasteiger partial charge in [-0.25, -0.2) is 4.79 Å². The second kappa shape index (κ2) is 5.47. The van der Waals surface area contributed by atoms with E-state index in [4.69, 9.17) is 9.84 Å². The van der Waals surface area contributed by atoms with Gasteiger partial charge < -0.3 is 14.7 Å². The van der Waals surface area contributed by atoms with Crippen LogP contribution >= 0.6 is 0 Å². The first kappa shape index (κ1) is 15.5. The van der Waals surface area contributed by atoms with Crippen LogP contribution in [0.4, 0.5) is 11.4 Å². The van der Waals surface area contributed by atoms with Crippen LogP contribution in [0.3, 0.4) is 0 Å². The molecule has 8 nitrogen and oxygen atoms in total. The first-order chi connectivity index (χ1) is 10.2. The molecule has 0 saturated carbocycles. The number of carboxylic acids is 1. The zero-order valence-corrected chi connectivity index (χ0v) is 12.0. The molecule has 1 amide bonds. The lowest BCUT2D eigenvalue weighted by Gasteiger charge is -2.39. The van der Waals surface area contributed by atoms with Gasteiger partial charge in [-0.15, -0.1) is 0 Å². The molecule has 2 rings (SSSR count). The molecule has 0 fully saturated rings. The van der Waals surface area contributed by atoms with Crippen LogP contribution in [-0.4, -0.2) is 34.1 Å². The number of nitro benzene ring substituents is 1. The lowest BCUT2D eigenvalue weighted by atomic mass is 10.0. The Morgan fingerprint density at radius 3 is 2.68 bits per heavy atom. The number of hydrogen-bond donors (Lipinski definition) is 1. The summed E-state index contributed by atoms with van der Waals surface area (Å²) in [7, 11) is 0. The van der Waals surface area contributed by atoms with Crippen LogP contribution in [-0.2, 0) is 9.59 Å². The van der Waals surface area contributed by atoms with Crippen molar-refractivity contribution in [3.63, 3.8) is 0 Å². The number of amides is 1. The van der Waals surface area contributed by atoms with Gasteiger partial charge in [0.25, 0.3) is 11.6 Å². The van der Waals surface area contributed by atoms with Gasteiger partial charge in [0.1, 0.15) is 11.4 Å². The number of hydrogen-bond acceptors (Lipinski definition) is 5. The van der Waals surface area contributed by atoms with Crippen molar-refractivity contribution in [3.05, 3.63) is 40.5 Å². The molecule has 116 valence electrons. The monoisotopic (exact) mass is 306 g/mol. The van der Waals surface area contributed by atoms with Crippen molar-refractivity contribution >= 4 is 23.3 Å². The second-order valence-electron chi connectivity index (χ2n) is 5.37. The third-order valence-corrected chi connectivity index (χ3v) is 3.00. The van der Waals surface area contributed by atoms with E-state index >= 15 is 0 Å². The number of aliphatic carboxylic acids is 1. The Hall–Kier alpha value is -2.90. The van der Waals surface area contributed by atoms with E-state index in [0.29, 0.717) is 5.75 Å². The fourth-order valence-electron chi connectivity index (χ4n) is 2.14. The minimum absolute atomic E-state index is 0.143. The fourth-order valence-corrected chi connectivity index (χ4v) is 2.14. The van der Waals surface area contributed by atoms with E-state index in [2.05, 4.69) is 0 Å². The highest BCUT2D eigenvalue weighted by Crippen LogP contribution is 2.39. The number of rotatable bonds is 3. The molecule has 8 heteroatoms. The SMILES string of the molecule is CC1(C)CN(C(=O)C=CC(=O)O)c2cc([N+](=O)[O-])ccc2O1. The minimum Gasteiger partial charge on any atom is -0.484 e. The van der Waals surface area contributed by atoms with E-state index < -0.39 is 22.4 Å². The number of anilines is 1. The van der Waals surface area contributed by atoms with Crippen molar-refractivity contribution in [1.82, 2.24) is 0 Å². The van der Waals surface area contributed by atoms with E-state index in [9.17, 15) is 19.7 Å². The van der Waals surface area contributed by atoms with Crippen LogP contribution in [0, 0.1) is 10.1 Å². The van der Waals surface area contributed by atoms with Crippen molar-refractivity contribution in [2.45, 2.75) is 19.4 Å². The number of ether oxygens (including phenoxy) is 1. The van der Waals surface area contributed by atoms with Gasteiger partial charge in [0, 0.05) is 24.3 Å². The molecule has 0 saturated heterocycles. The summed E-state index contributed by atoms with van der Waals surface area (Å²) in [6.07, 6.45) is 1.63. The Morgan fingerprint density at radius 1 is 1.41 bits per heavy atom. The van der Waals surface area contributed by atoms with E-state index in [1.54, 1.807) is 13.8 Å². The normalized spacial score (nSPS) is 16.0. The van der Waals surface area contributed by atoms with Gasteiger partial charge in [0.15, 0.2) is 0 Å². The predicted octanol–water partition coefficient (Wildman–Crippen LogP) is 1.74. The van der Waals surface area contributed by atoms with Gasteiger partial charge in [-0.3, -0.25) is 14.9 Å². The van der Waals surface area contributed by atoms with Gasteiger partial charge >= 0.3 is 5.97 Å². The molecule has 1 aromatic carbocycles. The highest BCUT2D eigenvalue weighted by molar-refractivity contribution is 6.05. The van der Waals surface area contributed by atoms with Crippen molar-refractivity contribution in [1.29, 1.82) is 0 Å². The number of carbonyl (C=O) groups excluding carboxylic acids is 1. The fraction of sp³-hybridized carbons (Fsp3) is 0.286. The molecule has 0 atom stereocenters. The Labute approximate surface area is 125 Å². The van der Waals surface area contributed by atoms with Gasteiger partial charge in [-0.05, 0) is 19.9 Å². The third-order valence-electron chi connectivity index (χ3n) is 3.00. The Bertz CT molecular complexity index is 680. The van der Waals surface area contributed by atoms with Gasteiger partial charge in [0.05, 0.1) is 17.2 Å². The standard InChI is InChI=1S/C14H14N2O6/c1-14(2)8-15(12(17)5-6-13(18)19)10-7-9(16(20)21)3-4-11(10)22-14/h3-7H,8H2,1-2H3,(H,18,19). The van der Waals surface area contributed by atoms with Crippen molar-refractivity contribution in [2.75, 3.05) is 11.4 Å². The van der Waals surface area contributed by atoms with E-state index in [1.165, 1.54) is 23.1 Å². The minimum atomic E-state index is -1.25. The predicted molar refractivity (Wildman–Crippen MR) is 76.9 cm³/mol. The summed E-state index contributed by atoms with van der Waals surface area (Å²) in [4.78, 5) is 34.3. The molecular weight excluding hydrogens is 292 g/mol. The van der Waals surface area contributed by atoms with Crippen LogP contribution in [0.1, 0.15) is 13.8 Å². The second-order valence-corrected chi connectivity index (χ2v) is 5.37. The molecule has 0 radical (unpaired) electrons. The molecule has 1 heterocycles. The average Bonchev–Trinajstić information content (AvgIpc) is 2.42. The number of non-ortho nitro benzene ring substituents is 1. The number of nitrogens with zero attached hydrogens (tertiary/aromatic N) is 2. The van der Waals surface area contributed by atoms with Gasteiger partial charge in [-0.1, -0.05) is 0 Å². The molecule has 22 heavy (non-hydrogen) atoms. The molecule has 1 aliphatic rings. The summed E-state index contributed by atoms with van der Waals surface area (Å²) < 4.78 is 5.70. The Kier molecular flexibility index (Phi) is 3.85. The highest BCUT2D eigenvalue weighted by Gasteiger charge is 2.35. The van der Waals surface area contributed by atoms with Crippen LogP contribution in [0.15, 0.2) is 30.4 Å². The average molecular weight is 306 g/mol. The highest BCUT2D eigenvalue weighted by atomic mass is 16.6. The van der Waals surface area contributed by atoms with Crippen LogP contribution in [0.25, 0.3) is 0 Å². The molecule has 0 spiro atoms. The zero-order valence-electron chi connectivity index (χ0n) is 12.0. The van der Waals surface area contributed by atoms with Crippen molar-refractivity contribution in [3.8, 4) is 5.75 Å². The van der Waals surface area contributed by atoms with E-state index in [-0.39, 0.29) is 17.9 Å². The summed E-state index contributed by atoms with van der Waals surface area (Å²) in [6.45, 7) is 3.67. The molecular formula is C14H14N2O6. The maximum atomic E-state index is 12.2. The van der Waals surface area contributed by atoms with E-state index in [0.717, 1.165) is 12.2 Å². The summed E-state index contributed by atoms with van der Waals surface area (Å²) in [6, 6.07) is 3.95. The van der Waals surface area contributed by atoms with Crippen LogP contribution in [0.2, 0.25) is 0 Å². The maximum Gasteiger partial charge on any atom is 0.328 e. The smallest absolute Gasteiger partial charge is 0.328 e. The molecule has 1 N–H and O–H groups in total. The van der Waals surface area contributed by atoms with E-state index in [1.807, 2.05) is 0 Å². The summed E-state index contributed by atoms with van der Waals surface area (Å²) in [5.41, 5.74) is -0.633. The number of nitro groups is 1. The van der Waals surface area contributed by atoms with Gasteiger partial charge in [-0.2, -0.15) is 0 Å². The molecule has 0 aromatic heterocycles. The van der Waals surface area contributed by atoms with Crippen LogP contribution in [0.5, 0.6) is 5.75 Å². The summed E-state index contributed by atoms with van der Waals surface area (Å²) in [5, 5.41) is 19.5. The lowest BCUT2D eigenvalue weighted by molar-refractivity contribution is -0.384. The first-order valence-corrected chi connectivity index (χ1v) is 6.39. The molecule has 0 aliphatic carbocycles. The Balaban J connectivity index is 2.46. The molecule has 0 unspecified atom stereocenters. The summed E-state index contributed by atoms with van der Waals surface area (Å²) >= 11 is 0. The number of fused-ring (bicyclic) bond motifs is 1. The maximum absolute atomic E-state index is 12.2. The van der Waals surface area contributed by atoms with Crippen LogP contribution < -0.4 is 9.64 Å². The quantitative estimate of drug-likeness (QED) is 0.517. The number of benzene rings is 1. The number of carbonyl (C=O) groups is 2. The topological polar surface area (TPSA) is 110 Å². The Morgan fingerprint density at radius 2 is 2.09 bits per heavy atom. The molecule has 0 bridgehead atoms. The van der Waals surface area contributed by atoms with Crippen molar-refractivity contribution in [2.24, 2.45) is 0 Å². The third kappa shape index (κ3) is 3.22. The summed E-state index contributed by atoms with van der Waals surface area (Å²) in [5.74, 6) is -1.50. The van der Waals surface area contributed by atoms with Gasteiger partial charge in [0.2, 0.25) is 0 Å². The molecule has 1 aromatic rings. The zero-order chi connectivity index (χ0) is 16.5.